The number of amides is 1. The van der Waals surface area contributed by atoms with Crippen LogP contribution < -0.4 is 19.1 Å². The second-order valence-corrected chi connectivity index (χ2v) is 6.81. The first-order valence-electron chi connectivity index (χ1n) is 9.55. The lowest BCUT2D eigenvalue weighted by molar-refractivity contribution is 0.0743. The van der Waals surface area contributed by atoms with Gasteiger partial charge in [0.1, 0.15) is 18.1 Å². The average molecular weight is 400 g/mol. The summed E-state index contributed by atoms with van der Waals surface area (Å²) in [6, 6.07) is 10.8. The SMILES string of the molecule is COCCOc1ccccc1N1CCN(C(=O)c2cc3c(cc2O)OCO3)CC1. The number of para-hydroxylation sites is 2. The van der Waals surface area contributed by atoms with E-state index in [0.29, 0.717) is 50.9 Å². The van der Waals surface area contributed by atoms with Crippen LogP contribution in [0.15, 0.2) is 36.4 Å². The van der Waals surface area contributed by atoms with Crippen molar-refractivity contribution in [1.82, 2.24) is 4.90 Å². The molecule has 2 aromatic rings. The third kappa shape index (κ3) is 4.02. The van der Waals surface area contributed by atoms with Crippen LogP contribution in [0.3, 0.4) is 0 Å². The summed E-state index contributed by atoms with van der Waals surface area (Å²) in [5.41, 5.74) is 1.23. The summed E-state index contributed by atoms with van der Waals surface area (Å²) >= 11 is 0. The molecule has 2 aliphatic heterocycles. The summed E-state index contributed by atoms with van der Waals surface area (Å²) in [5, 5.41) is 10.2. The molecule has 1 fully saturated rings. The molecular weight excluding hydrogens is 376 g/mol. The number of hydrogen-bond acceptors (Lipinski definition) is 7. The summed E-state index contributed by atoms with van der Waals surface area (Å²) in [6.45, 7) is 3.52. The fourth-order valence-electron chi connectivity index (χ4n) is 3.50. The van der Waals surface area contributed by atoms with Crippen molar-refractivity contribution in [2.75, 3.05) is 58.2 Å². The number of aromatic hydroxyl groups is 1. The standard InChI is InChI=1S/C21H24N2O6/c1-26-10-11-27-18-5-3-2-4-16(18)22-6-8-23(9-7-22)21(25)15-12-19-20(13-17(15)24)29-14-28-19/h2-5,12-13,24H,6-11,14H2,1H3. The molecule has 154 valence electrons. The van der Waals surface area contributed by atoms with E-state index in [-0.39, 0.29) is 24.0 Å². The van der Waals surface area contributed by atoms with Gasteiger partial charge in [0.25, 0.3) is 5.91 Å². The van der Waals surface area contributed by atoms with Gasteiger partial charge in [-0.1, -0.05) is 12.1 Å². The normalized spacial score (nSPS) is 15.5. The molecule has 0 aromatic heterocycles. The predicted octanol–water partition coefficient (Wildman–Crippen LogP) is 2.11. The first-order valence-corrected chi connectivity index (χ1v) is 9.55. The molecule has 1 amide bonds. The molecule has 2 heterocycles. The number of benzene rings is 2. The molecule has 0 unspecified atom stereocenters. The van der Waals surface area contributed by atoms with Gasteiger partial charge >= 0.3 is 0 Å². The molecule has 29 heavy (non-hydrogen) atoms. The molecule has 2 aliphatic rings. The Morgan fingerprint density at radius 2 is 1.79 bits per heavy atom. The summed E-state index contributed by atoms with van der Waals surface area (Å²) in [5.74, 6) is 1.42. The topological polar surface area (TPSA) is 80.7 Å². The Balaban J connectivity index is 1.42. The van der Waals surface area contributed by atoms with Gasteiger partial charge in [-0.25, -0.2) is 0 Å². The van der Waals surface area contributed by atoms with Crippen molar-refractivity contribution in [3.63, 3.8) is 0 Å². The molecule has 2 aromatic carbocycles. The fourth-order valence-corrected chi connectivity index (χ4v) is 3.50. The van der Waals surface area contributed by atoms with Crippen molar-refractivity contribution in [3.8, 4) is 23.0 Å². The van der Waals surface area contributed by atoms with Gasteiger partial charge in [0.2, 0.25) is 6.79 Å². The van der Waals surface area contributed by atoms with Crippen LogP contribution in [-0.2, 0) is 4.74 Å². The lowest BCUT2D eigenvalue weighted by Gasteiger charge is -2.36. The Morgan fingerprint density at radius 1 is 1.07 bits per heavy atom. The summed E-state index contributed by atoms with van der Waals surface area (Å²) in [7, 11) is 1.64. The Bertz CT molecular complexity index is 879. The van der Waals surface area contributed by atoms with E-state index in [4.69, 9.17) is 18.9 Å². The molecule has 8 heteroatoms. The van der Waals surface area contributed by atoms with Gasteiger partial charge in [0.05, 0.1) is 17.9 Å². The minimum Gasteiger partial charge on any atom is -0.507 e. The van der Waals surface area contributed by atoms with Gasteiger partial charge in [-0.05, 0) is 12.1 Å². The number of rotatable bonds is 6. The number of hydrogen-bond donors (Lipinski definition) is 1. The van der Waals surface area contributed by atoms with E-state index in [1.54, 1.807) is 18.1 Å². The van der Waals surface area contributed by atoms with E-state index in [9.17, 15) is 9.90 Å². The highest BCUT2D eigenvalue weighted by Gasteiger charge is 2.27. The van der Waals surface area contributed by atoms with E-state index < -0.39 is 0 Å². The van der Waals surface area contributed by atoms with Crippen LogP contribution in [0.25, 0.3) is 0 Å². The van der Waals surface area contributed by atoms with E-state index >= 15 is 0 Å². The maximum absolute atomic E-state index is 12.9. The number of piperazine rings is 1. The van der Waals surface area contributed by atoms with Gasteiger partial charge in [-0.3, -0.25) is 4.79 Å². The van der Waals surface area contributed by atoms with Gasteiger partial charge in [-0.15, -0.1) is 0 Å². The number of phenolic OH excluding ortho intramolecular Hbond substituents is 1. The monoisotopic (exact) mass is 400 g/mol. The van der Waals surface area contributed by atoms with Crippen molar-refractivity contribution in [2.24, 2.45) is 0 Å². The molecular formula is C21H24N2O6. The van der Waals surface area contributed by atoms with Crippen LogP contribution >= 0.6 is 0 Å². The minimum atomic E-state index is -0.218. The van der Waals surface area contributed by atoms with Crippen molar-refractivity contribution >= 4 is 11.6 Å². The third-order valence-electron chi connectivity index (χ3n) is 5.04. The van der Waals surface area contributed by atoms with E-state index in [0.717, 1.165) is 11.4 Å². The summed E-state index contributed by atoms with van der Waals surface area (Å²) in [4.78, 5) is 16.9. The van der Waals surface area contributed by atoms with Crippen LogP contribution in [0, 0.1) is 0 Å². The molecule has 1 N–H and O–H groups in total. The average Bonchev–Trinajstić information content (AvgIpc) is 3.20. The zero-order chi connectivity index (χ0) is 20.2. The second-order valence-electron chi connectivity index (χ2n) is 6.81. The largest absolute Gasteiger partial charge is 0.507 e. The quantitative estimate of drug-likeness (QED) is 0.744. The number of methoxy groups -OCH3 is 1. The van der Waals surface area contributed by atoms with Crippen LogP contribution in [0.1, 0.15) is 10.4 Å². The van der Waals surface area contributed by atoms with Crippen LogP contribution in [0.5, 0.6) is 23.0 Å². The summed E-state index contributed by atoms with van der Waals surface area (Å²) in [6.07, 6.45) is 0. The number of nitrogens with zero attached hydrogens (tertiary/aromatic N) is 2. The van der Waals surface area contributed by atoms with Crippen molar-refractivity contribution in [3.05, 3.63) is 42.0 Å². The number of carbonyl (C=O) groups excluding carboxylic acids is 1. The number of ether oxygens (including phenoxy) is 4. The molecule has 1 saturated heterocycles. The first kappa shape index (κ1) is 19.2. The Labute approximate surface area is 169 Å². The van der Waals surface area contributed by atoms with Gasteiger partial charge < -0.3 is 33.9 Å². The smallest absolute Gasteiger partial charge is 0.257 e. The van der Waals surface area contributed by atoms with Crippen molar-refractivity contribution in [1.29, 1.82) is 0 Å². The van der Waals surface area contributed by atoms with Crippen LogP contribution in [0.4, 0.5) is 5.69 Å². The fraction of sp³-hybridized carbons (Fsp3) is 0.381. The lowest BCUT2D eigenvalue weighted by atomic mass is 10.1. The highest BCUT2D eigenvalue weighted by Crippen LogP contribution is 2.38. The van der Waals surface area contributed by atoms with Crippen molar-refractivity contribution < 1.29 is 28.8 Å². The highest BCUT2D eigenvalue weighted by molar-refractivity contribution is 5.98. The number of fused-ring (bicyclic) bond motifs is 1. The number of anilines is 1. The van der Waals surface area contributed by atoms with Gasteiger partial charge in [0.15, 0.2) is 11.5 Å². The molecule has 4 rings (SSSR count). The van der Waals surface area contributed by atoms with E-state index in [1.165, 1.54) is 6.07 Å². The molecule has 0 radical (unpaired) electrons. The minimum absolute atomic E-state index is 0.0942. The predicted molar refractivity (Wildman–Crippen MR) is 106 cm³/mol. The molecule has 0 spiro atoms. The zero-order valence-electron chi connectivity index (χ0n) is 16.3. The van der Waals surface area contributed by atoms with E-state index in [1.807, 2.05) is 24.3 Å². The zero-order valence-corrected chi connectivity index (χ0v) is 16.3. The van der Waals surface area contributed by atoms with Crippen molar-refractivity contribution in [2.45, 2.75) is 0 Å². The molecule has 0 saturated carbocycles. The van der Waals surface area contributed by atoms with Gasteiger partial charge in [-0.2, -0.15) is 0 Å². The summed E-state index contributed by atoms with van der Waals surface area (Å²) < 4.78 is 21.4. The van der Waals surface area contributed by atoms with E-state index in [2.05, 4.69) is 4.90 Å². The molecule has 8 nitrogen and oxygen atoms in total. The number of carbonyl (C=O) groups is 1. The second kappa shape index (κ2) is 8.48. The van der Waals surface area contributed by atoms with Crippen LogP contribution in [0.2, 0.25) is 0 Å². The Hall–Kier alpha value is -3.13. The van der Waals surface area contributed by atoms with Gasteiger partial charge in [0, 0.05) is 45.4 Å². The molecule has 0 aliphatic carbocycles. The Morgan fingerprint density at radius 3 is 2.55 bits per heavy atom. The van der Waals surface area contributed by atoms with Crippen LogP contribution in [-0.4, -0.2) is 69.2 Å². The maximum atomic E-state index is 12.9. The molecule has 0 atom stereocenters. The first-order chi connectivity index (χ1) is 14.2. The highest BCUT2D eigenvalue weighted by atomic mass is 16.7. The molecule has 0 bridgehead atoms. The number of phenols is 1. The Kier molecular flexibility index (Phi) is 5.62. The third-order valence-corrected chi connectivity index (χ3v) is 5.04. The lowest BCUT2D eigenvalue weighted by Crippen LogP contribution is -2.48. The maximum Gasteiger partial charge on any atom is 0.257 e.